The number of piperidine rings is 2. The molecule has 0 aliphatic carbocycles. The summed E-state index contributed by atoms with van der Waals surface area (Å²) in [7, 11) is 1.66. The highest BCUT2D eigenvalue weighted by atomic mass is 16.5. The van der Waals surface area contributed by atoms with Crippen LogP contribution in [0, 0.1) is 5.41 Å². The van der Waals surface area contributed by atoms with E-state index in [0.29, 0.717) is 31.9 Å². The number of hydrogen-bond acceptors (Lipinski definition) is 4. The molecule has 3 heterocycles. The van der Waals surface area contributed by atoms with E-state index < -0.39 is 0 Å². The molecule has 2 fully saturated rings. The van der Waals surface area contributed by atoms with Gasteiger partial charge < -0.3 is 14.5 Å². The van der Waals surface area contributed by atoms with E-state index in [1.54, 1.807) is 19.4 Å². The number of rotatable bonds is 4. The smallest absolute Gasteiger partial charge is 0.271 e. The molecule has 0 radical (unpaired) electrons. The third-order valence-electron chi connectivity index (χ3n) is 5.13. The van der Waals surface area contributed by atoms with Crippen molar-refractivity contribution in [3.63, 3.8) is 0 Å². The summed E-state index contributed by atoms with van der Waals surface area (Å²) >= 11 is 0. The minimum atomic E-state index is -0.281. The molecule has 1 spiro atoms. The average molecular weight is 320 g/mol. The van der Waals surface area contributed by atoms with Crippen LogP contribution in [-0.2, 0) is 9.53 Å². The van der Waals surface area contributed by atoms with E-state index in [-0.39, 0.29) is 17.2 Å². The van der Waals surface area contributed by atoms with Crippen LogP contribution < -0.4 is 0 Å². The van der Waals surface area contributed by atoms with Crippen molar-refractivity contribution in [1.82, 2.24) is 20.0 Å². The first-order valence-electron chi connectivity index (χ1n) is 8.23. The summed E-state index contributed by atoms with van der Waals surface area (Å²) in [6.07, 6.45) is 5.03. The van der Waals surface area contributed by atoms with E-state index in [1.807, 2.05) is 9.80 Å². The number of aromatic nitrogens is 2. The Kier molecular flexibility index (Phi) is 4.66. The fourth-order valence-corrected chi connectivity index (χ4v) is 3.71. The normalized spacial score (nSPS) is 21.0. The number of nitrogens with one attached hydrogen (secondary N) is 1. The predicted molar refractivity (Wildman–Crippen MR) is 83.8 cm³/mol. The Bertz CT molecular complexity index is 550. The Morgan fingerprint density at radius 2 is 2.13 bits per heavy atom. The third kappa shape index (κ3) is 3.10. The minimum absolute atomic E-state index is 0.0307. The van der Waals surface area contributed by atoms with E-state index in [9.17, 15) is 9.59 Å². The summed E-state index contributed by atoms with van der Waals surface area (Å²) in [5, 5.41) is 6.54. The first-order chi connectivity index (χ1) is 11.2. The molecule has 7 heteroatoms. The second-order valence-corrected chi connectivity index (χ2v) is 6.43. The molecule has 1 aromatic heterocycles. The summed E-state index contributed by atoms with van der Waals surface area (Å²) in [5.41, 5.74) is 0.231. The van der Waals surface area contributed by atoms with Crippen molar-refractivity contribution in [1.29, 1.82) is 0 Å². The summed E-state index contributed by atoms with van der Waals surface area (Å²) < 4.78 is 5.10. The lowest BCUT2D eigenvalue weighted by Gasteiger charge is -2.46. The van der Waals surface area contributed by atoms with Gasteiger partial charge in [-0.1, -0.05) is 0 Å². The lowest BCUT2D eigenvalue weighted by molar-refractivity contribution is -0.150. The van der Waals surface area contributed by atoms with E-state index >= 15 is 0 Å². The monoisotopic (exact) mass is 320 g/mol. The van der Waals surface area contributed by atoms with Crippen molar-refractivity contribution in [3.05, 3.63) is 18.0 Å². The number of carbonyl (C=O) groups is 2. The van der Waals surface area contributed by atoms with Crippen molar-refractivity contribution in [3.8, 4) is 0 Å². The zero-order valence-electron chi connectivity index (χ0n) is 13.6. The highest BCUT2D eigenvalue weighted by molar-refractivity contribution is 5.92. The first-order valence-corrected chi connectivity index (χ1v) is 8.23. The number of ether oxygens (including phenoxy) is 1. The zero-order chi connectivity index (χ0) is 16.3. The number of likely N-dealkylation sites (tertiary alicyclic amines) is 2. The topological polar surface area (TPSA) is 78.5 Å². The van der Waals surface area contributed by atoms with Gasteiger partial charge in [0.05, 0.1) is 12.0 Å². The van der Waals surface area contributed by atoms with E-state index in [4.69, 9.17) is 4.74 Å². The molecule has 7 nitrogen and oxygen atoms in total. The summed E-state index contributed by atoms with van der Waals surface area (Å²) in [6, 6.07) is 1.69. The molecule has 0 aromatic carbocycles. The third-order valence-corrected chi connectivity index (χ3v) is 5.13. The molecule has 2 saturated heterocycles. The standard InChI is InChI=1S/C16H24N4O3/c1-23-12-11-20-8-2-4-16(15(20)22)5-9-19(10-6-16)14(21)13-3-7-17-18-13/h3,7H,2,4-6,8-12H2,1H3,(H,17,18). The second-order valence-electron chi connectivity index (χ2n) is 6.43. The fraction of sp³-hybridized carbons (Fsp3) is 0.688. The van der Waals surface area contributed by atoms with Gasteiger partial charge in [-0.15, -0.1) is 0 Å². The zero-order valence-corrected chi connectivity index (χ0v) is 13.6. The van der Waals surface area contributed by atoms with Crippen LogP contribution in [0.2, 0.25) is 0 Å². The van der Waals surface area contributed by atoms with Gasteiger partial charge >= 0.3 is 0 Å². The number of hydrogen-bond donors (Lipinski definition) is 1. The van der Waals surface area contributed by atoms with Crippen molar-refractivity contribution < 1.29 is 14.3 Å². The fourth-order valence-electron chi connectivity index (χ4n) is 3.71. The van der Waals surface area contributed by atoms with Crippen LogP contribution in [0.4, 0.5) is 0 Å². The number of H-pyrrole nitrogens is 1. The van der Waals surface area contributed by atoms with Gasteiger partial charge in [0.15, 0.2) is 0 Å². The Morgan fingerprint density at radius 1 is 1.35 bits per heavy atom. The maximum atomic E-state index is 12.9. The van der Waals surface area contributed by atoms with E-state index in [2.05, 4.69) is 10.2 Å². The van der Waals surface area contributed by atoms with Crippen molar-refractivity contribution in [2.75, 3.05) is 39.9 Å². The quantitative estimate of drug-likeness (QED) is 0.894. The number of amides is 2. The van der Waals surface area contributed by atoms with Crippen LogP contribution >= 0.6 is 0 Å². The lowest BCUT2D eigenvalue weighted by Crippen LogP contribution is -2.54. The van der Waals surface area contributed by atoms with Crippen molar-refractivity contribution >= 4 is 11.8 Å². The molecular weight excluding hydrogens is 296 g/mol. The van der Waals surface area contributed by atoms with Gasteiger partial charge in [0.2, 0.25) is 5.91 Å². The van der Waals surface area contributed by atoms with Gasteiger partial charge in [-0.05, 0) is 31.7 Å². The molecule has 2 amide bonds. The van der Waals surface area contributed by atoms with Crippen LogP contribution in [0.3, 0.4) is 0 Å². The van der Waals surface area contributed by atoms with Crippen molar-refractivity contribution in [2.45, 2.75) is 25.7 Å². The highest BCUT2D eigenvalue weighted by Crippen LogP contribution is 2.41. The number of carbonyl (C=O) groups excluding carboxylic acids is 2. The van der Waals surface area contributed by atoms with Crippen LogP contribution in [0.15, 0.2) is 12.3 Å². The van der Waals surface area contributed by atoms with Crippen LogP contribution in [0.1, 0.15) is 36.2 Å². The number of aromatic amines is 1. The molecular formula is C16H24N4O3. The molecule has 0 saturated carbocycles. The Morgan fingerprint density at radius 3 is 2.78 bits per heavy atom. The summed E-state index contributed by atoms with van der Waals surface area (Å²) in [5.74, 6) is 0.214. The Hall–Kier alpha value is -1.89. The lowest BCUT2D eigenvalue weighted by atomic mass is 9.71. The molecule has 23 heavy (non-hydrogen) atoms. The Balaban J connectivity index is 1.62. The van der Waals surface area contributed by atoms with Gasteiger partial charge in [0.25, 0.3) is 5.91 Å². The summed E-state index contributed by atoms with van der Waals surface area (Å²) in [4.78, 5) is 29.0. The van der Waals surface area contributed by atoms with Gasteiger partial charge in [-0.2, -0.15) is 5.10 Å². The van der Waals surface area contributed by atoms with Gasteiger partial charge in [-0.3, -0.25) is 14.7 Å². The van der Waals surface area contributed by atoms with Crippen molar-refractivity contribution in [2.24, 2.45) is 5.41 Å². The molecule has 0 atom stereocenters. The number of nitrogens with zero attached hydrogens (tertiary/aromatic N) is 3. The first kappa shape index (κ1) is 16.0. The Labute approximate surface area is 136 Å². The molecule has 0 bridgehead atoms. The maximum absolute atomic E-state index is 12.9. The largest absolute Gasteiger partial charge is 0.383 e. The molecule has 126 valence electrons. The SMILES string of the molecule is COCCN1CCCC2(CCN(C(=O)c3ccn[nH]3)CC2)C1=O. The molecule has 2 aliphatic rings. The molecule has 2 aliphatic heterocycles. The van der Waals surface area contributed by atoms with Crippen LogP contribution in [0.5, 0.6) is 0 Å². The second kappa shape index (κ2) is 6.70. The average Bonchev–Trinajstić information content (AvgIpc) is 3.11. The van der Waals surface area contributed by atoms with Crippen LogP contribution in [0.25, 0.3) is 0 Å². The minimum Gasteiger partial charge on any atom is -0.383 e. The predicted octanol–water partition coefficient (Wildman–Crippen LogP) is 0.901. The molecule has 1 N–H and O–H groups in total. The maximum Gasteiger partial charge on any atom is 0.271 e. The molecule has 1 aromatic rings. The summed E-state index contributed by atoms with van der Waals surface area (Å²) in [6.45, 7) is 3.31. The van der Waals surface area contributed by atoms with E-state index in [1.165, 1.54) is 0 Å². The number of methoxy groups -OCH3 is 1. The van der Waals surface area contributed by atoms with Gasteiger partial charge in [0, 0.05) is 39.5 Å². The highest BCUT2D eigenvalue weighted by Gasteiger charge is 2.46. The molecule has 0 unspecified atom stereocenters. The van der Waals surface area contributed by atoms with Gasteiger partial charge in [0.1, 0.15) is 5.69 Å². The molecule has 3 rings (SSSR count). The van der Waals surface area contributed by atoms with Crippen LogP contribution in [-0.4, -0.2) is 71.7 Å². The van der Waals surface area contributed by atoms with E-state index in [0.717, 1.165) is 32.2 Å². The van der Waals surface area contributed by atoms with Gasteiger partial charge in [-0.25, -0.2) is 0 Å².